The number of nitrogens with one attached hydrogen (secondary N) is 1. The maximum atomic E-state index is 5.41. The minimum atomic E-state index is 0.849. The van der Waals surface area contributed by atoms with Crippen LogP contribution in [-0.4, -0.2) is 17.1 Å². The molecular formula is C30H20N2O. The Kier molecular flexibility index (Phi) is 3.76. The Balaban J connectivity index is 1.71. The number of H-pyrrole nitrogens is 1. The molecule has 2 heterocycles. The number of aromatic nitrogens is 2. The smallest absolute Gasteiger partial charge is 0.118 e. The molecule has 33 heavy (non-hydrogen) atoms. The Morgan fingerprint density at radius 3 is 2.00 bits per heavy atom. The van der Waals surface area contributed by atoms with Gasteiger partial charge in [0.2, 0.25) is 0 Å². The van der Waals surface area contributed by atoms with E-state index < -0.39 is 0 Å². The molecule has 0 radical (unpaired) electrons. The monoisotopic (exact) mass is 424 g/mol. The van der Waals surface area contributed by atoms with Crippen LogP contribution < -0.4 is 4.74 Å². The van der Waals surface area contributed by atoms with Gasteiger partial charge in [-0.25, -0.2) is 4.98 Å². The third-order valence-electron chi connectivity index (χ3n) is 6.69. The van der Waals surface area contributed by atoms with E-state index in [1.54, 1.807) is 7.11 Å². The van der Waals surface area contributed by atoms with Crippen molar-refractivity contribution in [1.29, 1.82) is 0 Å². The van der Waals surface area contributed by atoms with Crippen LogP contribution in [0, 0.1) is 0 Å². The summed E-state index contributed by atoms with van der Waals surface area (Å²) in [5, 5.41) is 7.08. The minimum absolute atomic E-state index is 0.849. The Bertz CT molecular complexity index is 1850. The number of methoxy groups -OCH3 is 1. The van der Waals surface area contributed by atoms with Crippen LogP contribution in [0.2, 0.25) is 0 Å². The lowest BCUT2D eigenvalue weighted by atomic mass is 9.96. The first kappa shape index (κ1) is 18.2. The van der Waals surface area contributed by atoms with Crippen LogP contribution in [0.25, 0.3) is 65.5 Å². The summed E-state index contributed by atoms with van der Waals surface area (Å²) in [5.41, 5.74) is 6.54. The molecule has 0 unspecified atom stereocenters. The lowest BCUT2D eigenvalue weighted by molar-refractivity contribution is 0.415. The molecule has 0 aliphatic heterocycles. The summed E-state index contributed by atoms with van der Waals surface area (Å²) in [5.74, 6) is 0.849. The van der Waals surface area contributed by atoms with Crippen molar-refractivity contribution in [2.24, 2.45) is 0 Å². The van der Waals surface area contributed by atoms with Gasteiger partial charge in [0.15, 0.2) is 0 Å². The number of fused-ring (bicyclic) bond motifs is 8. The quantitative estimate of drug-likeness (QED) is 0.287. The number of ether oxygens (including phenoxy) is 1. The number of aromatic amines is 1. The third-order valence-corrected chi connectivity index (χ3v) is 6.69. The molecule has 0 aliphatic carbocycles. The van der Waals surface area contributed by atoms with Gasteiger partial charge in [-0.2, -0.15) is 0 Å². The van der Waals surface area contributed by atoms with E-state index in [4.69, 9.17) is 9.72 Å². The van der Waals surface area contributed by atoms with Crippen molar-refractivity contribution in [3.63, 3.8) is 0 Å². The summed E-state index contributed by atoms with van der Waals surface area (Å²) >= 11 is 0. The number of rotatable bonds is 2. The van der Waals surface area contributed by atoms with Crippen molar-refractivity contribution < 1.29 is 4.74 Å². The van der Waals surface area contributed by atoms with Gasteiger partial charge in [0, 0.05) is 27.1 Å². The van der Waals surface area contributed by atoms with Gasteiger partial charge in [-0.1, -0.05) is 78.9 Å². The number of hydrogen-bond acceptors (Lipinski definition) is 2. The van der Waals surface area contributed by atoms with E-state index in [-0.39, 0.29) is 0 Å². The van der Waals surface area contributed by atoms with Gasteiger partial charge in [-0.3, -0.25) is 0 Å². The molecule has 0 fully saturated rings. The molecule has 0 spiro atoms. The van der Waals surface area contributed by atoms with Gasteiger partial charge in [-0.05, 0) is 34.5 Å². The first-order valence-electron chi connectivity index (χ1n) is 11.1. The zero-order valence-corrected chi connectivity index (χ0v) is 18.1. The molecule has 3 nitrogen and oxygen atoms in total. The second-order valence-corrected chi connectivity index (χ2v) is 8.46. The van der Waals surface area contributed by atoms with E-state index in [0.29, 0.717) is 0 Å². The number of hydrogen-bond donors (Lipinski definition) is 1. The molecule has 0 aliphatic rings. The van der Waals surface area contributed by atoms with Crippen molar-refractivity contribution in [3.05, 3.63) is 97.1 Å². The Labute approximate surface area is 190 Å². The summed E-state index contributed by atoms with van der Waals surface area (Å²) in [4.78, 5) is 9.03. The van der Waals surface area contributed by atoms with Gasteiger partial charge in [-0.15, -0.1) is 0 Å². The molecule has 5 aromatic carbocycles. The number of pyridine rings is 1. The van der Waals surface area contributed by atoms with Gasteiger partial charge < -0.3 is 9.72 Å². The Morgan fingerprint density at radius 2 is 1.24 bits per heavy atom. The highest BCUT2D eigenvalue weighted by Crippen LogP contribution is 2.41. The van der Waals surface area contributed by atoms with Crippen LogP contribution >= 0.6 is 0 Å². The van der Waals surface area contributed by atoms with Gasteiger partial charge in [0.25, 0.3) is 0 Å². The Morgan fingerprint density at radius 1 is 0.576 bits per heavy atom. The highest BCUT2D eigenvalue weighted by Gasteiger charge is 2.18. The van der Waals surface area contributed by atoms with Crippen molar-refractivity contribution >= 4 is 54.4 Å². The van der Waals surface area contributed by atoms with E-state index in [2.05, 4.69) is 89.9 Å². The van der Waals surface area contributed by atoms with Gasteiger partial charge >= 0.3 is 0 Å². The molecular weight excluding hydrogens is 404 g/mol. The molecule has 0 bridgehead atoms. The third kappa shape index (κ3) is 2.60. The SMILES string of the molecule is COc1ccc(-c2c3ccc4ccccc4c3nc3c2[nH]c2c4ccccc4ccc32)cc1. The zero-order chi connectivity index (χ0) is 21.9. The molecule has 0 saturated carbocycles. The van der Waals surface area contributed by atoms with Crippen LogP contribution in [-0.2, 0) is 0 Å². The predicted octanol–water partition coefficient (Wildman–Crippen LogP) is 7.85. The van der Waals surface area contributed by atoms with Crippen LogP contribution in [0.15, 0.2) is 97.1 Å². The molecule has 156 valence electrons. The van der Waals surface area contributed by atoms with E-state index in [9.17, 15) is 0 Å². The van der Waals surface area contributed by atoms with Gasteiger partial charge in [0.05, 0.1) is 29.2 Å². The Hall–Kier alpha value is -4.37. The topological polar surface area (TPSA) is 37.9 Å². The molecule has 0 saturated heterocycles. The number of benzene rings is 5. The zero-order valence-electron chi connectivity index (χ0n) is 18.1. The van der Waals surface area contributed by atoms with E-state index in [0.717, 1.165) is 44.2 Å². The fourth-order valence-electron chi connectivity index (χ4n) is 5.10. The normalized spacial score (nSPS) is 11.8. The molecule has 2 aromatic heterocycles. The maximum absolute atomic E-state index is 5.41. The average Bonchev–Trinajstić information content (AvgIpc) is 3.26. The van der Waals surface area contributed by atoms with Crippen LogP contribution in [0.4, 0.5) is 0 Å². The summed E-state index contributed by atoms with van der Waals surface area (Å²) < 4.78 is 5.41. The van der Waals surface area contributed by atoms with Crippen LogP contribution in [0.1, 0.15) is 0 Å². The second kappa shape index (κ2) is 6.81. The molecule has 0 atom stereocenters. The average molecular weight is 425 g/mol. The standard InChI is InChI=1S/C30H20N2O/c1-33-21-14-10-20(11-15-21)26-24-16-12-18-6-2-4-8-22(18)27(24)31-29-25-17-13-19-7-3-5-9-23(19)28(25)32-30(26)29/h2-17,32H,1H3. The fourth-order valence-corrected chi connectivity index (χ4v) is 5.10. The number of nitrogens with zero attached hydrogens (tertiary/aromatic N) is 1. The fraction of sp³-hybridized carbons (Fsp3) is 0.0333. The lowest BCUT2D eigenvalue weighted by Crippen LogP contribution is -1.90. The lowest BCUT2D eigenvalue weighted by Gasteiger charge is -2.11. The molecule has 1 N–H and O–H groups in total. The maximum Gasteiger partial charge on any atom is 0.118 e. The largest absolute Gasteiger partial charge is 0.497 e. The molecule has 0 amide bonds. The summed E-state index contributed by atoms with van der Waals surface area (Å²) in [6.07, 6.45) is 0. The summed E-state index contributed by atoms with van der Waals surface area (Å²) in [6.45, 7) is 0. The predicted molar refractivity (Wildman–Crippen MR) is 138 cm³/mol. The molecule has 3 heteroatoms. The van der Waals surface area contributed by atoms with Crippen molar-refractivity contribution in [3.8, 4) is 16.9 Å². The van der Waals surface area contributed by atoms with Crippen molar-refractivity contribution in [2.45, 2.75) is 0 Å². The van der Waals surface area contributed by atoms with Crippen molar-refractivity contribution in [1.82, 2.24) is 9.97 Å². The van der Waals surface area contributed by atoms with Gasteiger partial charge in [0.1, 0.15) is 5.75 Å². The molecule has 7 rings (SSSR count). The highest BCUT2D eigenvalue weighted by atomic mass is 16.5. The summed E-state index contributed by atoms with van der Waals surface area (Å²) in [7, 11) is 1.70. The first-order valence-corrected chi connectivity index (χ1v) is 11.1. The van der Waals surface area contributed by atoms with Crippen LogP contribution in [0.5, 0.6) is 5.75 Å². The minimum Gasteiger partial charge on any atom is -0.497 e. The highest BCUT2D eigenvalue weighted by molar-refractivity contribution is 6.23. The molecule has 7 aromatic rings. The van der Waals surface area contributed by atoms with E-state index in [1.165, 1.54) is 27.1 Å². The van der Waals surface area contributed by atoms with E-state index in [1.807, 2.05) is 12.1 Å². The van der Waals surface area contributed by atoms with Crippen molar-refractivity contribution in [2.75, 3.05) is 7.11 Å². The van der Waals surface area contributed by atoms with E-state index >= 15 is 0 Å². The summed E-state index contributed by atoms with van der Waals surface area (Å²) in [6, 6.07) is 34.1. The van der Waals surface area contributed by atoms with Crippen LogP contribution in [0.3, 0.4) is 0 Å². The first-order chi connectivity index (χ1) is 16.3. The second-order valence-electron chi connectivity index (χ2n) is 8.46.